The van der Waals surface area contributed by atoms with Gasteiger partial charge in [0.25, 0.3) is 11.8 Å². The molecule has 3 aliphatic heterocycles. The third-order valence-electron chi connectivity index (χ3n) is 6.72. The molecule has 3 aliphatic rings. The molecule has 3 amide bonds. The van der Waals surface area contributed by atoms with Crippen molar-refractivity contribution in [3.63, 3.8) is 0 Å². The monoisotopic (exact) mass is 464 g/mol. The van der Waals surface area contributed by atoms with Crippen molar-refractivity contribution in [2.75, 3.05) is 38.0 Å². The second kappa shape index (κ2) is 8.73. The minimum atomic E-state index is -1.07. The number of nitrogens with zero attached hydrogens (tertiary/aromatic N) is 2. The average molecular weight is 465 g/mol. The SMILES string of the molecule is CC(=O)N1CC2(C1)Oc1ccc(C(=O)NCC(O)CN3CCc4ccccc4C3)cc1NC2=O. The zero-order valence-electron chi connectivity index (χ0n) is 19.0. The van der Waals surface area contributed by atoms with Crippen LogP contribution in [0.1, 0.15) is 28.4 Å². The summed E-state index contributed by atoms with van der Waals surface area (Å²) in [4.78, 5) is 40.4. The smallest absolute Gasteiger partial charge is 0.272 e. The number of amides is 3. The molecular formula is C25H28N4O5. The first-order valence-electron chi connectivity index (χ1n) is 11.5. The van der Waals surface area contributed by atoms with E-state index in [-0.39, 0.29) is 37.4 Å². The van der Waals surface area contributed by atoms with E-state index in [1.54, 1.807) is 23.1 Å². The van der Waals surface area contributed by atoms with Gasteiger partial charge in [0.2, 0.25) is 11.5 Å². The molecule has 0 aliphatic carbocycles. The van der Waals surface area contributed by atoms with Gasteiger partial charge in [-0.3, -0.25) is 19.3 Å². The molecule has 5 rings (SSSR count). The van der Waals surface area contributed by atoms with E-state index in [0.29, 0.717) is 23.5 Å². The highest BCUT2D eigenvalue weighted by Crippen LogP contribution is 2.38. The number of carbonyl (C=O) groups is 3. The number of anilines is 1. The van der Waals surface area contributed by atoms with Gasteiger partial charge < -0.3 is 25.4 Å². The molecule has 1 spiro atoms. The van der Waals surface area contributed by atoms with Gasteiger partial charge in [-0.2, -0.15) is 0 Å². The van der Waals surface area contributed by atoms with E-state index in [4.69, 9.17) is 4.74 Å². The molecule has 1 fully saturated rings. The Balaban J connectivity index is 1.15. The molecule has 1 unspecified atom stereocenters. The molecule has 9 nitrogen and oxygen atoms in total. The van der Waals surface area contributed by atoms with Crippen molar-refractivity contribution < 1.29 is 24.2 Å². The largest absolute Gasteiger partial charge is 0.471 e. The van der Waals surface area contributed by atoms with Gasteiger partial charge in [-0.05, 0) is 35.7 Å². The zero-order valence-corrected chi connectivity index (χ0v) is 19.0. The Hall–Kier alpha value is -3.43. The van der Waals surface area contributed by atoms with Gasteiger partial charge in [-0.25, -0.2) is 0 Å². The van der Waals surface area contributed by atoms with Crippen molar-refractivity contribution in [3.05, 3.63) is 59.2 Å². The Morgan fingerprint density at radius 2 is 1.97 bits per heavy atom. The van der Waals surface area contributed by atoms with Crippen LogP contribution in [0.4, 0.5) is 5.69 Å². The standard InChI is InChI=1S/C25H28N4O5/c1-16(30)29-14-25(15-29)24(33)27-21-10-18(6-7-22(21)34-25)23(32)26-11-20(31)13-28-9-8-17-4-2-3-5-19(17)12-28/h2-7,10,20,31H,8-9,11-15H2,1H3,(H,26,32)(H,27,33). The minimum absolute atomic E-state index is 0.105. The van der Waals surface area contributed by atoms with Crippen LogP contribution in [-0.2, 0) is 22.6 Å². The van der Waals surface area contributed by atoms with Gasteiger partial charge in [0.1, 0.15) is 5.75 Å². The maximum atomic E-state index is 12.7. The van der Waals surface area contributed by atoms with Crippen LogP contribution in [0.25, 0.3) is 0 Å². The van der Waals surface area contributed by atoms with E-state index in [9.17, 15) is 19.5 Å². The predicted molar refractivity (Wildman–Crippen MR) is 124 cm³/mol. The normalized spacial score (nSPS) is 19.2. The molecule has 9 heteroatoms. The molecule has 2 aromatic carbocycles. The molecule has 0 bridgehead atoms. The maximum Gasteiger partial charge on any atom is 0.272 e. The lowest BCUT2D eigenvalue weighted by molar-refractivity contribution is -0.159. The van der Waals surface area contributed by atoms with Crippen molar-refractivity contribution in [2.24, 2.45) is 0 Å². The fraction of sp³-hybridized carbons (Fsp3) is 0.400. The van der Waals surface area contributed by atoms with E-state index >= 15 is 0 Å². The minimum Gasteiger partial charge on any atom is -0.471 e. The summed E-state index contributed by atoms with van der Waals surface area (Å²) in [6.07, 6.45) is 0.254. The number of hydrogen-bond acceptors (Lipinski definition) is 6. The summed E-state index contributed by atoms with van der Waals surface area (Å²) in [6, 6.07) is 13.1. The Morgan fingerprint density at radius 3 is 2.74 bits per heavy atom. The Bertz CT molecular complexity index is 1140. The topological polar surface area (TPSA) is 111 Å². The fourth-order valence-corrected chi connectivity index (χ4v) is 4.74. The van der Waals surface area contributed by atoms with Gasteiger partial charge in [0.15, 0.2) is 0 Å². The van der Waals surface area contributed by atoms with Crippen LogP contribution in [-0.4, -0.2) is 77.1 Å². The Morgan fingerprint density at radius 1 is 1.21 bits per heavy atom. The third kappa shape index (κ3) is 4.24. The summed E-state index contributed by atoms with van der Waals surface area (Å²) < 4.78 is 5.91. The van der Waals surface area contributed by atoms with E-state index < -0.39 is 11.7 Å². The lowest BCUT2D eigenvalue weighted by Crippen LogP contribution is -2.72. The van der Waals surface area contributed by atoms with E-state index in [0.717, 1.165) is 19.5 Å². The number of aliphatic hydroxyl groups excluding tert-OH is 1. The van der Waals surface area contributed by atoms with Gasteiger partial charge >= 0.3 is 0 Å². The highest BCUT2D eigenvalue weighted by atomic mass is 16.5. The number of benzene rings is 2. The Labute approximate surface area is 197 Å². The summed E-state index contributed by atoms with van der Waals surface area (Å²) in [5.74, 6) is -0.308. The molecule has 0 aromatic heterocycles. The molecule has 1 saturated heterocycles. The van der Waals surface area contributed by atoms with Gasteiger partial charge in [-0.1, -0.05) is 24.3 Å². The number of ether oxygens (including phenoxy) is 1. The van der Waals surface area contributed by atoms with Crippen LogP contribution in [0.15, 0.2) is 42.5 Å². The summed E-state index contributed by atoms with van der Waals surface area (Å²) in [7, 11) is 0. The van der Waals surface area contributed by atoms with Crippen molar-refractivity contribution in [1.29, 1.82) is 0 Å². The van der Waals surface area contributed by atoms with Crippen LogP contribution >= 0.6 is 0 Å². The van der Waals surface area contributed by atoms with Gasteiger partial charge in [0.05, 0.1) is 24.9 Å². The molecule has 2 aromatic rings. The van der Waals surface area contributed by atoms with Crippen LogP contribution in [0.2, 0.25) is 0 Å². The maximum absolute atomic E-state index is 12.7. The average Bonchev–Trinajstić information content (AvgIpc) is 2.80. The van der Waals surface area contributed by atoms with Crippen LogP contribution < -0.4 is 15.4 Å². The van der Waals surface area contributed by atoms with Crippen LogP contribution in [0, 0.1) is 0 Å². The van der Waals surface area contributed by atoms with Gasteiger partial charge in [-0.15, -0.1) is 0 Å². The number of β-amino-alcohol motifs (C(OH)–C–C–N with tert-alkyl or cyclic N) is 1. The Kier molecular flexibility index (Phi) is 5.75. The van der Waals surface area contributed by atoms with Crippen LogP contribution in [0.3, 0.4) is 0 Å². The molecule has 1 atom stereocenters. The number of rotatable bonds is 5. The second-order valence-electron chi connectivity index (χ2n) is 9.25. The number of fused-ring (bicyclic) bond motifs is 2. The number of nitrogens with one attached hydrogen (secondary N) is 2. The highest BCUT2D eigenvalue weighted by molar-refractivity contribution is 6.04. The van der Waals surface area contributed by atoms with E-state index in [1.165, 1.54) is 18.1 Å². The summed E-state index contributed by atoms with van der Waals surface area (Å²) in [5.41, 5.74) is 2.33. The lowest BCUT2D eigenvalue weighted by Gasteiger charge is -2.49. The predicted octanol–water partition coefficient (Wildman–Crippen LogP) is 0.767. The number of aliphatic hydroxyl groups is 1. The first-order valence-corrected chi connectivity index (χ1v) is 11.5. The summed E-state index contributed by atoms with van der Waals surface area (Å²) in [6.45, 7) is 4.13. The summed E-state index contributed by atoms with van der Waals surface area (Å²) >= 11 is 0. The number of carbonyl (C=O) groups excluding carboxylic acids is 3. The lowest BCUT2D eigenvalue weighted by atomic mass is 9.90. The molecule has 34 heavy (non-hydrogen) atoms. The second-order valence-corrected chi connectivity index (χ2v) is 9.25. The highest BCUT2D eigenvalue weighted by Gasteiger charge is 2.55. The van der Waals surface area contributed by atoms with Crippen molar-refractivity contribution in [3.8, 4) is 5.75 Å². The molecule has 178 valence electrons. The molecule has 3 heterocycles. The third-order valence-corrected chi connectivity index (χ3v) is 6.72. The van der Waals surface area contributed by atoms with Gasteiger partial charge in [0, 0.05) is 38.7 Å². The number of hydrogen-bond donors (Lipinski definition) is 3. The quantitative estimate of drug-likeness (QED) is 0.603. The van der Waals surface area contributed by atoms with E-state index in [2.05, 4.69) is 27.7 Å². The number of likely N-dealkylation sites (tertiary alicyclic amines) is 1. The summed E-state index contributed by atoms with van der Waals surface area (Å²) in [5, 5.41) is 16.0. The fourth-order valence-electron chi connectivity index (χ4n) is 4.74. The van der Waals surface area contributed by atoms with Crippen molar-refractivity contribution in [1.82, 2.24) is 15.1 Å². The first kappa shape index (κ1) is 22.4. The molecule has 0 saturated carbocycles. The molecule has 0 radical (unpaired) electrons. The molecule has 3 N–H and O–H groups in total. The van der Waals surface area contributed by atoms with Crippen molar-refractivity contribution in [2.45, 2.75) is 31.6 Å². The van der Waals surface area contributed by atoms with Crippen LogP contribution in [0.5, 0.6) is 5.75 Å². The van der Waals surface area contributed by atoms with Crippen molar-refractivity contribution >= 4 is 23.4 Å². The zero-order chi connectivity index (χ0) is 23.9. The van der Waals surface area contributed by atoms with E-state index in [1.807, 2.05) is 12.1 Å². The molecular weight excluding hydrogens is 436 g/mol. The first-order chi connectivity index (χ1) is 16.3.